The van der Waals surface area contributed by atoms with Gasteiger partial charge < -0.3 is 9.84 Å². The molecule has 108 valence electrons. The third-order valence-electron chi connectivity index (χ3n) is 3.61. The quantitative estimate of drug-likeness (QED) is 0.916. The van der Waals surface area contributed by atoms with E-state index in [4.69, 9.17) is 9.78 Å². The Bertz CT molecular complexity index is 643. The molecule has 0 amide bonds. The van der Waals surface area contributed by atoms with Gasteiger partial charge in [-0.2, -0.15) is 10.2 Å². The minimum Gasteiger partial charge on any atom is -0.334 e. The van der Waals surface area contributed by atoms with Gasteiger partial charge in [0.25, 0.3) is 5.89 Å². The summed E-state index contributed by atoms with van der Waals surface area (Å²) in [6.45, 7) is 4.94. The summed E-state index contributed by atoms with van der Waals surface area (Å²) in [5.74, 6) is 1.14. The highest BCUT2D eigenvalue weighted by atomic mass is 16.5. The zero-order valence-corrected chi connectivity index (χ0v) is 11.9. The number of hydrogen-bond acceptors (Lipinski definition) is 6. The second-order valence-corrected chi connectivity index (χ2v) is 5.20. The SMILES string of the molecule is Cc1ccc(-c2nc(CN3CCNCC3C#N)no2)cc1. The van der Waals surface area contributed by atoms with Crippen LogP contribution in [0.15, 0.2) is 28.8 Å². The molecule has 1 aliphatic heterocycles. The number of nitrogens with zero attached hydrogens (tertiary/aromatic N) is 4. The van der Waals surface area contributed by atoms with E-state index in [2.05, 4.69) is 26.4 Å². The minimum absolute atomic E-state index is 0.139. The third-order valence-corrected chi connectivity index (χ3v) is 3.61. The number of aryl methyl sites for hydroxylation is 1. The second kappa shape index (κ2) is 6.04. The van der Waals surface area contributed by atoms with Gasteiger partial charge in [0.1, 0.15) is 6.04 Å². The highest BCUT2D eigenvalue weighted by molar-refractivity contribution is 5.53. The maximum atomic E-state index is 9.15. The van der Waals surface area contributed by atoms with Crippen LogP contribution in [0.25, 0.3) is 11.5 Å². The van der Waals surface area contributed by atoms with Crippen LogP contribution >= 0.6 is 0 Å². The average molecular weight is 283 g/mol. The first-order chi connectivity index (χ1) is 10.3. The zero-order valence-electron chi connectivity index (χ0n) is 11.9. The third kappa shape index (κ3) is 3.10. The van der Waals surface area contributed by atoms with Crippen molar-refractivity contribution in [2.45, 2.75) is 19.5 Å². The fourth-order valence-corrected chi connectivity index (χ4v) is 2.38. The Kier molecular flexibility index (Phi) is 3.95. The van der Waals surface area contributed by atoms with Crippen LogP contribution in [-0.4, -0.2) is 40.7 Å². The molecule has 3 rings (SSSR count). The summed E-state index contributed by atoms with van der Waals surface area (Å²) in [5, 5.41) is 16.4. The normalized spacial score (nSPS) is 19.3. The van der Waals surface area contributed by atoms with Crippen molar-refractivity contribution < 1.29 is 4.52 Å². The van der Waals surface area contributed by atoms with Crippen molar-refractivity contribution in [3.05, 3.63) is 35.7 Å². The zero-order chi connectivity index (χ0) is 14.7. The van der Waals surface area contributed by atoms with E-state index >= 15 is 0 Å². The molecule has 1 unspecified atom stereocenters. The molecule has 1 aromatic carbocycles. The van der Waals surface area contributed by atoms with Gasteiger partial charge in [-0.15, -0.1) is 0 Å². The Balaban J connectivity index is 1.73. The molecule has 0 saturated carbocycles. The molecule has 6 heteroatoms. The van der Waals surface area contributed by atoms with Crippen molar-refractivity contribution >= 4 is 0 Å². The Hall–Kier alpha value is -2.23. The van der Waals surface area contributed by atoms with Crippen LogP contribution in [-0.2, 0) is 6.54 Å². The lowest BCUT2D eigenvalue weighted by atomic mass is 10.1. The lowest BCUT2D eigenvalue weighted by molar-refractivity contribution is 0.183. The fraction of sp³-hybridized carbons (Fsp3) is 0.400. The van der Waals surface area contributed by atoms with Crippen LogP contribution in [0.5, 0.6) is 0 Å². The van der Waals surface area contributed by atoms with Gasteiger partial charge in [-0.05, 0) is 19.1 Å². The molecule has 2 heterocycles. The molecule has 1 saturated heterocycles. The van der Waals surface area contributed by atoms with Gasteiger partial charge in [-0.1, -0.05) is 22.9 Å². The van der Waals surface area contributed by atoms with E-state index in [9.17, 15) is 0 Å². The van der Waals surface area contributed by atoms with E-state index in [1.165, 1.54) is 5.56 Å². The average Bonchev–Trinajstić information content (AvgIpc) is 2.97. The van der Waals surface area contributed by atoms with Gasteiger partial charge in [0, 0.05) is 25.2 Å². The predicted octanol–water partition coefficient (Wildman–Crippen LogP) is 1.34. The summed E-state index contributed by atoms with van der Waals surface area (Å²) >= 11 is 0. The van der Waals surface area contributed by atoms with Crippen LogP contribution in [0.3, 0.4) is 0 Å². The molecule has 1 atom stereocenters. The molecule has 0 aliphatic carbocycles. The lowest BCUT2D eigenvalue weighted by Crippen LogP contribution is -2.50. The smallest absolute Gasteiger partial charge is 0.257 e. The molecule has 6 nitrogen and oxygen atoms in total. The largest absolute Gasteiger partial charge is 0.334 e. The monoisotopic (exact) mass is 283 g/mol. The van der Waals surface area contributed by atoms with Gasteiger partial charge in [0.2, 0.25) is 0 Å². The molecule has 2 aromatic rings. The van der Waals surface area contributed by atoms with Crippen molar-refractivity contribution in [3.8, 4) is 17.5 Å². The van der Waals surface area contributed by atoms with Gasteiger partial charge in [-0.25, -0.2) is 0 Å². The van der Waals surface area contributed by atoms with E-state index in [1.54, 1.807) is 0 Å². The maximum absolute atomic E-state index is 9.15. The van der Waals surface area contributed by atoms with Gasteiger partial charge in [0.05, 0.1) is 12.6 Å². The highest BCUT2D eigenvalue weighted by Crippen LogP contribution is 2.18. The number of benzene rings is 1. The summed E-state index contributed by atoms with van der Waals surface area (Å²) in [7, 11) is 0. The van der Waals surface area contributed by atoms with Crippen LogP contribution in [0, 0.1) is 18.3 Å². The standard InChI is InChI=1S/C15H17N5O/c1-11-2-4-12(5-3-11)15-18-14(19-21-15)10-20-7-6-17-9-13(20)8-16/h2-5,13,17H,6-7,9-10H2,1H3. The van der Waals surface area contributed by atoms with E-state index in [0.29, 0.717) is 24.8 Å². The van der Waals surface area contributed by atoms with Crippen LogP contribution in [0.2, 0.25) is 0 Å². The summed E-state index contributed by atoms with van der Waals surface area (Å²) in [5.41, 5.74) is 2.10. The Morgan fingerprint density at radius 1 is 1.43 bits per heavy atom. The molecule has 21 heavy (non-hydrogen) atoms. The highest BCUT2D eigenvalue weighted by Gasteiger charge is 2.23. The molecule has 0 bridgehead atoms. The van der Waals surface area contributed by atoms with Gasteiger partial charge >= 0.3 is 0 Å². The first-order valence-corrected chi connectivity index (χ1v) is 7.00. The van der Waals surface area contributed by atoms with Crippen molar-refractivity contribution in [3.63, 3.8) is 0 Å². The second-order valence-electron chi connectivity index (χ2n) is 5.20. The predicted molar refractivity (Wildman–Crippen MR) is 77.2 cm³/mol. The topological polar surface area (TPSA) is 78.0 Å². The van der Waals surface area contributed by atoms with E-state index < -0.39 is 0 Å². The molecule has 1 N–H and O–H groups in total. The summed E-state index contributed by atoms with van der Waals surface area (Å²) < 4.78 is 5.31. The number of aromatic nitrogens is 2. The van der Waals surface area contributed by atoms with E-state index in [0.717, 1.165) is 18.7 Å². The number of piperazine rings is 1. The molecular formula is C15H17N5O. The Morgan fingerprint density at radius 2 is 2.24 bits per heavy atom. The Labute approximate surface area is 123 Å². The molecule has 0 spiro atoms. The number of nitriles is 1. The molecule has 1 fully saturated rings. The molecule has 1 aromatic heterocycles. The lowest BCUT2D eigenvalue weighted by Gasteiger charge is -2.30. The summed E-state index contributed by atoms with van der Waals surface area (Å²) in [4.78, 5) is 6.49. The van der Waals surface area contributed by atoms with E-state index in [-0.39, 0.29) is 6.04 Å². The number of rotatable bonds is 3. The molecular weight excluding hydrogens is 266 g/mol. The van der Waals surface area contributed by atoms with Crippen molar-refractivity contribution in [2.24, 2.45) is 0 Å². The first kappa shape index (κ1) is 13.7. The Morgan fingerprint density at radius 3 is 3.00 bits per heavy atom. The van der Waals surface area contributed by atoms with Gasteiger partial charge in [-0.3, -0.25) is 4.90 Å². The van der Waals surface area contributed by atoms with Crippen LogP contribution < -0.4 is 5.32 Å². The van der Waals surface area contributed by atoms with Crippen molar-refractivity contribution in [2.75, 3.05) is 19.6 Å². The molecule has 1 aliphatic rings. The van der Waals surface area contributed by atoms with Crippen molar-refractivity contribution in [1.82, 2.24) is 20.4 Å². The number of nitrogens with one attached hydrogen (secondary N) is 1. The number of hydrogen-bond donors (Lipinski definition) is 1. The van der Waals surface area contributed by atoms with Crippen molar-refractivity contribution in [1.29, 1.82) is 5.26 Å². The minimum atomic E-state index is -0.139. The molecule has 0 radical (unpaired) electrons. The van der Waals surface area contributed by atoms with Crippen LogP contribution in [0.1, 0.15) is 11.4 Å². The van der Waals surface area contributed by atoms with Crippen LogP contribution in [0.4, 0.5) is 0 Å². The fourth-order valence-electron chi connectivity index (χ4n) is 2.38. The van der Waals surface area contributed by atoms with Gasteiger partial charge in [0.15, 0.2) is 5.82 Å². The van der Waals surface area contributed by atoms with E-state index in [1.807, 2.05) is 31.2 Å². The maximum Gasteiger partial charge on any atom is 0.257 e. The first-order valence-electron chi connectivity index (χ1n) is 7.00. The summed E-state index contributed by atoms with van der Waals surface area (Å²) in [6, 6.07) is 10.1. The summed E-state index contributed by atoms with van der Waals surface area (Å²) in [6.07, 6.45) is 0.